The van der Waals surface area contributed by atoms with Crippen molar-refractivity contribution < 1.29 is 18.3 Å². The average molecular weight is 317 g/mol. The second kappa shape index (κ2) is 6.32. The minimum atomic E-state index is -4.49. The number of nitrogens with one attached hydrogen (secondary N) is 1. The van der Waals surface area contributed by atoms with Crippen molar-refractivity contribution in [2.75, 3.05) is 5.32 Å². The summed E-state index contributed by atoms with van der Waals surface area (Å²) in [7, 11) is 0. The molecule has 1 heterocycles. The van der Waals surface area contributed by atoms with E-state index in [1.807, 2.05) is 0 Å². The molecule has 2 N–H and O–H groups in total. The molecule has 7 heteroatoms. The van der Waals surface area contributed by atoms with Gasteiger partial charge in [0.25, 0.3) is 0 Å². The molecule has 0 amide bonds. The fourth-order valence-corrected chi connectivity index (χ4v) is 2.04. The second-order valence-corrected chi connectivity index (χ2v) is 4.76. The predicted octanol–water partition coefficient (Wildman–Crippen LogP) is 3.86. The maximum atomic E-state index is 12.8. The average Bonchev–Trinajstić information content (AvgIpc) is 2.45. The number of halogens is 4. The van der Waals surface area contributed by atoms with Gasteiger partial charge in [0.2, 0.25) is 0 Å². The van der Waals surface area contributed by atoms with E-state index >= 15 is 0 Å². The van der Waals surface area contributed by atoms with Crippen LogP contribution >= 0.6 is 11.6 Å². The summed E-state index contributed by atoms with van der Waals surface area (Å²) >= 11 is 5.56. The molecule has 0 saturated heterocycles. The molecule has 0 bridgehead atoms. The Morgan fingerprint density at radius 2 is 2.00 bits per heavy atom. The zero-order valence-electron chi connectivity index (χ0n) is 10.8. The van der Waals surface area contributed by atoms with Crippen LogP contribution in [0.2, 0.25) is 5.02 Å². The number of pyridine rings is 1. The predicted molar refractivity (Wildman–Crippen MR) is 73.9 cm³/mol. The summed E-state index contributed by atoms with van der Waals surface area (Å²) < 4.78 is 38.3. The number of hydrogen-bond donors (Lipinski definition) is 2. The van der Waals surface area contributed by atoms with Crippen LogP contribution in [0.1, 0.15) is 16.7 Å². The van der Waals surface area contributed by atoms with Crippen LogP contribution in [0.3, 0.4) is 0 Å². The summed E-state index contributed by atoms with van der Waals surface area (Å²) in [6, 6.07) is 5.37. The lowest BCUT2D eigenvalue weighted by Crippen LogP contribution is -2.08. The summed E-state index contributed by atoms with van der Waals surface area (Å²) in [5.41, 5.74) is 0.759. The van der Waals surface area contributed by atoms with E-state index in [1.165, 1.54) is 24.5 Å². The molecular weight excluding hydrogens is 305 g/mol. The minimum absolute atomic E-state index is 0.166. The second-order valence-electron chi connectivity index (χ2n) is 4.36. The Bertz CT molecular complexity index is 632. The molecule has 0 atom stereocenters. The third kappa shape index (κ3) is 3.86. The third-order valence-corrected chi connectivity index (χ3v) is 3.23. The molecule has 0 aliphatic rings. The normalized spacial score (nSPS) is 11.5. The van der Waals surface area contributed by atoms with Crippen molar-refractivity contribution in [2.45, 2.75) is 19.3 Å². The Labute approximate surface area is 124 Å². The highest BCUT2D eigenvalue weighted by atomic mass is 35.5. The number of aliphatic hydroxyl groups is 1. The summed E-state index contributed by atoms with van der Waals surface area (Å²) in [5, 5.41) is 11.8. The quantitative estimate of drug-likeness (QED) is 0.900. The summed E-state index contributed by atoms with van der Waals surface area (Å²) in [6.45, 7) is -0.0157. The molecule has 0 radical (unpaired) electrons. The number of anilines is 1. The van der Waals surface area contributed by atoms with Gasteiger partial charge in [0.15, 0.2) is 0 Å². The van der Waals surface area contributed by atoms with E-state index in [2.05, 4.69) is 10.3 Å². The van der Waals surface area contributed by atoms with Gasteiger partial charge in [-0.2, -0.15) is 13.2 Å². The maximum absolute atomic E-state index is 12.8. The number of nitrogens with zero attached hydrogens (tertiary/aromatic N) is 1. The third-order valence-electron chi connectivity index (χ3n) is 2.90. The smallest absolute Gasteiger partial charge is 0.392 e. The van der Waals surface area contributed by atoms with Gasteiger partial charge in [0.05, 0.1) is 29.1 Å². The van der Waals surface area contributed by atoms with E-state index in [1.54, 1.807) is 6.07 Å². The molecule has 0 saturated carbocycles. The molecular formula is C14H12ClF3N2O. The molecule has 0 fully saturated rings. The van der Waals surface area contributed by atoms with Gasteiger partial charge in [0, 0.05) is 18.3 Å². The van der Waals surface area contributed by atoms with E-state index < -0.39 is 11.7 Å². The lowest BCUT2D eigenvalue weighted by Gasteiger charge is -2.13. The number of benzene rings is 1. The Balaban J connectivity index is 2.17. The first kappa shape index (κ1) is 15.6. The SMILES string of the molecule is OCc1ccncc1NCc1ccc(Cl)c(C(F)(F)F)c1. The van der Waals surface area contributed by atoms with Crippen molar-refractivity contribution in [1.82, 2.24) is 4.98 Å². The van der Waals surface area contributed by atoms with Gasteiger partial charge in [-0.1, -0.05) is 17.7 Å². The van der Waals surface area contributed by atoms with Crippen LogP contribution in [-0.2, 0) is 19.3 Å². The van der Waals surface area contributed by atoms with E-state index in [0.29, 0.717) is 16.8 Å². The van der Waals surface area contributed by atoms with Gasteiger partial charge in [-0.15, -0.1) is 0 Å². The van der Waals surface area contributed by atoms with E-state index in [-0.39, 0.29) is 18.2 Å². The maximum Gasteiger partial charge on any atom is 0.417 e. The Morgan fingerprint density at radius 3 is 2.67 bits per heavy atom. The number of aliphatic hydroxyl groups excluding tert-OH is 1. The topological polar surface area (TPSA) is 45.2 Å². The van der Waals surface area contributed by atoms with Gasteiger partial charge in [0.1, 0.15) is 0 Å². The fraction of sp³-hybridized carbons (Fsp3) is 0.214. The van der Waals surface area contributed by atoms with Crippen molar-refractivity contribution in [3.8, 4) is 0 Å². The molecule has 0 aliphatic carbocycles. The largest absolute Gasteiger partial charge is 0.417 e. The van der Waals surface area contributed by atoms with Crippen molar-refractivity contribution in [1.29, 1.82) is 0 Å². The van der Waals surface area contributed by atoms with Crippen molar-refractivity contribution in [3.63, 3.8) is 0 Å². The van der Waals surface area contributed by atoms with Crippen molar-refractivity contribution in [3.05, 3.63) is 58.4 Å². The lowest BCUT2D eigenvalue weighted by molar-refractivity contribution is -0.137. The molecule has 112 valence electrons. The molecule has 0 spiro atoms. The van der Waals surface area contributed by atoms with Crippen LogP contribution in [0, 0.1) is 0 Å². The number of hydrogen-bond acceptors (Lipinski definition) is 3. The minimum Gasteiger partial charge on any atom is -0.392 e. The zero-order valence-corrected chi connectivity index (χ0v) is 11.5. The van der Waals surface area contributed by atoms with Crippen molar-refractivity contribution in [2.24, 2.45) is 0 Å². The summed E-state index contributed by atoms with van der Waals surface area (Å²) in [4.78, 5) is 3.90. The molecule has 0 aliphatic heterocycles. The molecule has 2 rings (SSSR count). The van der Waals surface area contributed by atoms with Crippen LogP contribution in [0.15, 0.2) is 36.7 Å². The van der Waals surface area contributed by atoms with Gasteiger partial charge in [-0.25, -0.2) is 0 Å². The van der Waals surface area contributed by atoms with Crippen LogP contribution in [-0.4, -0.2) is 10.1 Å². The molecule has 1 aromatic heterocycles. The van der Waals surface area contributed by atoms with Crippen LogP contribution < -0.4 is 5.32 Å². The molecule has 0 unspecified atom stereocenters. The first-order valence-electron chi connectivity index (χ1n) is 6.05. The first-order chi connectivity index (χ1) is 9.91. The molecule has 2 aromatic rings. The van der Waals surface area contributed by atoms with E-state index in [4.69, 9.17) is 16.7 Å². The standard InChI is InChI=1S/C14H12ClF3N2O/c15-12-2-1-9(5-11(12)14(16,17)18)6-20-13-7-19-4-3-10(13)8-21/h1-5,7,20-21H,6,8H2. The van der Waals surface area contributed by atoms with Gasteiger partial charge in [-0.3, -0.25) is 4.98 Å². The van der Waals surface area contributed by atoms with Gasteiger partial charge < -0.3 is 10.4 Å². The molecule has 3 nitrogen and oxygen atoms in total. The van der Waals surface area contributed by atoms with Crippen LogP contribution in [0.25, 0.3) is 0 Å². The van der Waals surface area contributed by atoms with Gasteiger partial charge >= 0.3 is 6.18 Å². The highest BCUT2D eigenvalue weighted by Crippen LogP contribution is 2.35. The van der Waals surface area contributed by atoms with Crippen LogP contribution in [0.4, 0.5) is 18.9 Å². The first-order valence-corrected chi connectivity index (χ1v) is 6.43. The summed E-state index contributed by atoms with van der Waals surface area (Å²) in [6.07, 6.45) is -1.45. The number of alkyl halides is 3. The monoisotopic (exact) mass is 316 g/mol. The highest BCUT2D eigenvalue weighted by molar-refractivity contribution is 6.31. The Morgan fingerprint density at radius 1 is 1.24 bits per heavy atom. The molecule has 21 heavy (non-hydrogen) atoms. The van der Waals surface area contributed by atoms with Crippen molar-refractivity contribution >= 4 is 17.3 Å². The highest BCUT2D eigenvalue weighted by Gasteiger charge is 2.33. The lowest BCUT2D eigenvalue weighted by atomic mass is 10.1. The molecule has 1 aromatic carbocycles. The zero-order chi connectivity index (χ0) is 15.5. The number of rotatable bonds is 4. The Kier molecular flexibility index (Phi) is 4.69. The Hall–Kier alpha value is -1.79. The fourth-order valence-electron chi connectivity index (χ4n) is 1.82. The van der Waals surface area contributed by atoms with Crippen LogP contribution in [0.5, 0.6) is 0 Å². The summed E-state index contributed by atoms with van der Waals surface area (Å²) in [5.74, 6) is 0. The van der Waals surface area contributed by atoms with Gasteiger partial charge in [-0.05, 0) is 23.8 Å². The van der Waals surface area contributed by atoms with E-state index in [0.717, 1.165) is 6.07 Å². The number of aromatic nitrogens is 1. The van der Waals surface area contributed by atoms with E-state index in [9.17, 15) is 13.2 Å².